The largest absolute Gasteiger partial charge is 0.354 e. The molecule has 0 aliphatic carbocycles. The first kappa shape index (κ1) is 29.8. The van der Waals surface area contributed by atoms with Gasteiger partial charge in [0.15, 0.2) is 0 Å². The topological polar surface area (TPSA) is 86.8 Å². The smallest absolute Gasteiger partial charge is 0.244 e. The molecule has 1 atom stereocenters. The van der Waals surface area contributed by atoms with Crippen molar-refractivity contribution in [2.45, 2.75) is 39.8 Å². The number of rotatable bonds is 12. The SMILES string of the molecule is Cc1cccc(CN(C(=O)CN(c2ccccc2F)S(C)(=O)=O)C(Cc2ccccc2)C(=O)NCC(C)C)c1. The molecule has 0 spiro atoms. The van der Waals surface area contributed by atoms with Gasteiger partial charge in [-0.2, -0.15) is 0 Å². The molecule has 0 saturated heterocycles. The Labute approximate surface area is 230 Å². The van der Waals surface area contributed by atoms with Gasteiger partial charge < -0.3 is 10.2 Å². The van der Waals surface area contributed by atoms with E-state index < -0.39 is 34.3 Å². The predicted octanol–water partition coefficient (Wildman–Crippen LogP) is 4.31. The van der Waals surface area contributed by atoms with Crippen LogP contribution in [0.4, 0.5) is 10.1 Å². The summed E-state index contributed by atoms with van der Waals surface area (Å²) < 4.78 is 40.9. The molecular weight excluding hydrogens is 517 g/mol. The third-order valence-electron chi connectivity index (χ3n) is 6.19. The van der Waals surface area contributed by atoms with Crippen molar-refractivity contribution in [3.8, 4) is 0 Å². The van der Waals surface area contributed by atoms with Crippen LogP contribution < -0.4 is 9.62 Å². The van der Waals surface area contributed by atoms with Crippen LogP contribution in [0, 0.1) is 18.7 Å². The molecule has 0 aromatic heterocycles. The number of carbonyl (C=O) groups excluding carboxylic acids is 2. The molecule has 9 heteroatoms. The number of halogens is 1. The van der Waals surface area contributed by atoms with Crippen molar-refractivity contribution in [3.05, 3.63) is 101 Å². The van der Waals surface area contributed by atoms with Crippen LogP contribution in [0.5, 0.6) is 0 Å². The van der Waals surface area contributed by atoms with E-state index in [2.05, 4.69) is 5.32 Å². The first-order valence-corrected chi connectivity index (χ1v) is 14.7. The minimum Gasteiger partial charge on any atom is -0.354 e. The van der Waals surface area contributed by atoms with Crippen molar-refractivity contribution < 1.29 is 22.4 Å². The summed E-state index contributed by atoms with van der Waals surface area (Å²) >= 11 is 0. The van der Waals surface area contributed by atoms with Gasteiger partial charge in [-0.1, -0.05) is 86.1 Å². The Kier molecular flexibility index (Phi) is 10.2. The fourth-order valence-corrected chi connectivity index (χ4v) is 5.08. The number of amides is 2. The molecule has 0 aliphatic heterocycles. The van der Waals surface area contributed by atoms with Crippen LogP contribution in [0.3, 0.4) is 0 Å². The molecule has 3 aromatic rings. The molecule has 0 radical (unpaired) electrons. The molecule has 1 unspecified atom stereocenters. The van der Waals surface area contributed by atoms with E-state index in [1.54, 1.807) is 0 Å². The first-order valence-electron chi connectivity index (χ1n) is 12.8. The Morgan fingerprint density at radius 3 is 2.18 bits per heavy atom. The summed E-state index contributed by atoms with van der Waals surface area (Å²) in [5, 5.41) is 2.93. The van der Waals surface area contributed by atoms with Crippen molar-refractivity contribution in [3.63, 3.8) is 0 Å². The van der Waals surface area contributed by atoms with E-state index in [1.807, 2.05) is 75.4 Å². The van der Waals surface area contributed by atoms with Gasteiger partial charge in [-0.15, -0.1) is 0 Å². The zero-order valence-corrected chi connectivity index (χ0v) is 23.6. The average Bonchev–Trinajstić information content (AvgIpc) is 2.88. The summed E-state index contributed by atoms with van der Waals surface area (Å²) in [7, 11) is -4.03. The van der Waals surface area contributed by atoms with E-state index >= 15 is 0 Å². The first-order chi connectivity index (χ1) is 18.5. The van der Waals surface area contributed by atoms with Crippen LogP contribution in [0.2, 0.25) is 0 Å². The summed E-state index contributed by atoms with van der Waals surface area (Å²) in [4.78, 5) is 28.9. The van der Waals surface area contributed by atoms with Crippen LogP contribution in [0.1, 0.15) is 30.5 Å². The van der Waals surface area contributed by atoms with Gasteiger partial charge in [-0.05, 0) is 36.1 Å². The maximum absolute atomic E-state index is 14.7. The second-order valence-electron chi connectivity index (χ2n) is 10.1. The van der Waals surface area contributed by atoms with Gasteiger partial charge in [0.25, 0.3) is 0 Å². The third-order valence-corrected chi connectivity index (χ3v) is 7.32. The van der Waals surface area contributed by atoms with Crippen LogP contribution >= 0.6 is 0 Å². The summed E-state index contributed by atoms with van der Waals surface area (Å²) in [6.07, 6.45) is 1.15. The minimum absolute atomic E-state index is 0.0714. The molecule has 3 rings (SSSR count). The third kappa shape index (κ3) is 8.64. The van der Waals surface area contributed by atoms with Crippen LogP contribution in [0.25, 0.3) is 0 Å². The zero-order chi connectivity index (χ0) is 28.6. The number of sulfonamides is 1. The lowest BCUT2D eigenvalue weighted by atomic mass is 10.0. The van der Waals surface area contributed by atoms with Gasteiger partial charge >= 0.3 is 0 Å². The Hall–Kier alpha value is -3.72. The Morgan fingerprint density at radius 2 is 1.56 bits per heavy atom. The molecule has 0 saturated carbocycles. The number of carbonyl (C=O) groups is 2. The van der Waals surface area contributed by atoms with Crippen molar-refractivity contribution in [1.29, 1.82) is 0 Å². The van der Waals surface area contributed by atoms with Crippen LogP contribution in [0.15, 0.2) is 78.9 Å². The van der Waals surface area contributed by atoms with Crippen molar-refractivity contribution >= 4 is 27.5 Å². The van der Waals surface area contributed by atoms with Gasteiger partial charge in [0, 0.05) is 19.5 Å². The van der Waals surface area contributed by atoms with Gasteiger partial charge in [-0.3, -0.25) is 13.9 Å². The number of hydrogen-bond donors (Lipinski definition) is 1. The standard InChI is InChI=1S/C30H36FN3O4S/c1-22(2)19-32-30(36)28(18-24-12-6-5-7-13-24)33(20-25-14-10-11-23(3)17-25)29(35)21-34(39(4,37)38)27-16-9-8-15-26(27)31/h5-17,22,28H,18-21H2,1-4H3,(H,32,36). The Balaban J connectivity index is 2.05. The Bertz CT molecular complexity index is 1380. The number of anilines is 1. The summed E-state index contributed by atoms with van der Waals surface area (Å²) in [5.41, 5.74) is 2.38. The maximum Gasteiger partial charge on any atom is 0.244 e. The normalized spacial score (nSPS) is 12.2. The summed E-state index contributed by atoms with van der Waals surface area (Å²) in [6.45, 7) is 5.70. The molecule has 0 fully saturated rings. The fraction of sp³-hybridized carbons (Fsp3) is 0.333. The van der Waals surface area contributed by atoms with Gasteiger partial charge in [0.2, 0.25) is 21.8 Å². The average molecular weight is 554 g/mol. The zero-order valence-electron chi connectivity index (χ0n) is 22.8. The lowest BCUT2D eigenvalue weighted by Crippen LogP contribution is -2.53. The quantitative estimate of drug-likeness (QED) is 0.362. The highest BCUT2D eigenvalue weighted by atomic mass is 32.2. The molecule has 3 aromatic carbocycles. The second kappa shape index (κ2) is 13.4. The lowest BCUT2D eigenvalue weighted by Gasteiger charge is -2.33. The van der Waals surface area contributed by atoms with E-state index in [4.69, 9.17) is 0 Å². The van der Waals surface area contributed by atoms with E-state index in [0.29, 0.717) is 6.54 Å². The molecular formula is C30H36FN3O4S. The van der Waals surface area contributed by atoms with Gasteiger partial charge in [-0.25, -0.2) is 12.8 Å². The van der Waals surface area contributed by atoms with E-state index in [9.17, 15) is 22.4 Å². The number of hydrogen-bond acceptors (Lipinski definition) is 4. The summed E-state index contributed by atoms with van der Waals surface area (Å²) in [5.74, 6) is -1.54. The van der Waals surface area contributed by atoms with Crippen molar-refractivity contribution in [1.82, 2.24) is 10.2 Å². The molecule has 0 bridgehead atoms. The number of aryl methyl sites for hydroxylation is 1. The highest BCUT2D eigenvalue weighted by Gasteiger charge is 2.33. The highest BCUT2D eigenvalue weighted by Crippen LogP contribution is 2.23. The summed E-state index contributed by atoms with van der Waals surface area (Å²) in [6, 6.07) is 21.3. The molecule has 2 amide bonds. The molecule has 0 aliphatic rings. The molecule has 1 N–H and O–H groups in total. The number of benzene rings is 3. The van der Waals surface area contributed by atoms with E-state index in [0.717, 1.165) is 33.3 Å². The van der Waals surface area contributed by atoms with Crippen molar-refractivity contribution in [2.75, 3.05) is 23.7 Å². The molecule has 7 nitrogen and oxygen atoms in total. The van der Waals surface area contributed by atoms with Crippen molar-refractivity contribution in [2.24, 2.45) is 5.92 Å². The number of para-hydroxylation sites is 1. The number of nitrogens with one attached hydrogen (secondary N) is 1. The monoisotopic (exact) mass is 553 g/mol. The van der Waals surface area contributed by atoms with Gasteiger partial charge in [0.1, 0.15) is 18.4 Å². The van der Waals surface area contributed by atoms with Gasteiger partial charge in [0.05, 0.1) is 11.9 Å². The molecule has 39 heavy (non-hydrogen) atoms. The maximum atomic E-state index is 14.7. The lowest BCUT2D eigenvalue weighted by molar-refractivity contribution is -0.140. The highest BCUT2D eigenvalue weighted by molar-refractivity contribution is 7.92. The second-order valence-corrected chi connectivity index (χ2v) is 12.0. The Morgan fingerprint density at radius 1 is 0.923 bits per heavy atom. The fourth-order valence-electron chi connectivity index (χ4n) is 4.23. The molecule has 0 heterocycles. The van der Waals surface area contributed by atoms with Crippen LogP contribution in [-0.4, -0.2) is 50.5 Å². The number of nitrogens with zero attached hydrogens (tertiary/aromatic N) is 2. The van der Waals surface area contributed by atoms with Crippen LogP contribution in [-0.2, 0) is 32.6 Å². The predicted molar refractivity (Wildman–Crippen MR) is 152 cm³/mol. The minimum atomic E-state index is -4.03. The molecule has 208 valence electrons. The van der Waals surface area contributed by atoms with E-state index in [1.165, 1.54) is 23.1 Å². The van der Waals surface area contributed by atoms with E-state index in [-0.39, 0.29) is 30.5 Å².